The summed E-state index contributed by atoms with van der Waals surface area (Å²) in [6.07, 6.45) is 4.91. The lowest BCUT2D eigenvalue weighted by molar-refractivity contribution is 0.406. The third-order valence-corrected chi connectivity index (χ3v) is 4.14. The van der Waals surface area contributed by atoms with Crippen molar-refractivity contribution < 1.29 is 0 Å². The SMILES string of the molecule is CC(C)n1ncc(Cl)c1C1(C)CCC(Cl)C1. The van der Waals surface area contributed by atoms with Crippen LogP contribution in [0.2, 0.25) is 5.02 Å². The normalized spacial score (nSPS) is 30.2. The van der Waals surface area contributed by atoms with Crippen molar-refractivity contribution in [2.75, 3.05) is 0 Å². The van der Waals surface area contributed by atoms with E-state index in [1.165, 1.54) is 0 Å². The van der Waals surface area contributed by atoms with Crippen LogP contribution in [0.15, 0.2) is 6.20 Å². The molecule has 1 aromatic rings. The van der Waals surface area contributed by atoms with Crippen LogP contribution in [-0.4, -0.2) is 15.2 Å². The van der Waals surface area contributed by atoms with Crippen LogP contribution in [-0.2, 0) is 5.41 Å². The predicted octanol–water partition coefficient (Wildman–Crippen LogP) is 4.17. The Hall–Kier alpha value is -0.210. The van der Waals surface area contributed by atoms with E-state index in [9.17, 15) is 0 Å². The van der Waals surface area contributed by atoms with E-state index in [4.69, 9.17) is 23.2 Å². The number of rotatable bonds is 2. The largest absolute Gasteiger partial charge is 0.265 e. The van der Waals surface area contributed by atoms with E-state index in [0.717, 1.165) is 30.0 Å². The molecule has 1 aromatic heterocycles. The molecule has 16 heavy (non-hydrogen) atoms. The summed E-state index contributed by atoms with van der Waals surface area (Å²) in [5.74, 6) is 0. The second kappa shape index (κ2) is 4.23. The van der Waals surface area contributed by atoms with Gasteiger partial charge in [-0.3, -0.25) is 4.68 Å². The molecule has 0 radical (unpaired) electrons. The van der Waals surface area contributed by atoms with Crippen LogP contribution < -0.4 is 0 Å². The standard InChI is InChI=1S/C12H18Cl2N2/c1-8(2)16-11(10(14)7-15-16)12(3)5-4-9(13)6-12/h7-9H,4-6H2,1-3H3. The van der Waals surface area contributed by atoms with Gasteiger partial charge in [-0.1, -0.05) is 18.5 Å². The van der Waals surface area contributed by atoms with Crippen LogP contribution in [0.1, 0.15) is 51.8 Å². The molecule has 1 fully saturated rings. The van der Waals surface area contributed by atoms with Gasteiger partial charge < -0.3 is 0 Å². The highest BCUT2D eigenvalue weighted by atomic mass is 35.5. The lowest BCUT2D eigenvalue weighted by Gasteiger charge is -2.27. The van der Waals surface area contributed by atoms with E-state index in [1.54, 1.807) is 6.20 Å². The Kier molecular flexibility index (Phi) is 3.24. The topological polar surface area (TPSA) is 17.8 Å². The molecule has 0 N–H and O–H groups in total. The molecule has 0 bridgehead atoms. The minimum Gasteiger partial charge on any atom is -0.265 e. The highest BCUT2D eigenvalue weighted by molar-refractivity contribution is 6.31. The van der Waals surface area contributed by atoms with Gasteiger partial charge >= 0.3 is 0 Å². The number of halogens is 2. The van der Waals surface area contributed by atoms with Crippen molar-refractivity contribution in [3.63, 3.8) is 0 Å². The molecule has 1 aliphatic carbocycles. The number of hydrogen-bond acceptors (Lipinski definition) is 1. The lowest BCUT2D eigenvalue weighted by Crippen LogP contribution is -2.24. The maximum absolute atomic E-state index is 6.28. The quantitative estimate of drug-likeness (QED) is 0.731. The fraction of sp³-hybridized carbons (Fsp3) is 0.750. The first-order chi connectivity index (χ1) is 7.44. The zero-order chi connectivity index (χ0) is 11.9. The molecule has 0 aromatic carbocycles. The van der Waals surface area contributed by atoms with Crippen molar-refractivity contribution in [1.29, 1.82) is 0 Å². The molecule has 0 saturated heterocycles. The van der Waals surface area contributed by atoms with E-state index < -0.39 is 0 Å². The van der Waals surface area contributed by atoms with Crippen molar-refractivity contribution in [2.45, 2.75) is 56.9 Å². The van der Waals surface area contributed by atoms with Crippen molar-refractivity contribution in [2.24, 2.45) is 0 Å². The highest BCUT2D eigenvalue weighted by Crippen LogP contribution is 2.45. The Morgan fingerprint density at radius 3 is 2.75 bits per heavy atom. The average Bonchev–Trinajstić information content (AvgIpc) is 2.71. The molecule has 1 heterocycles. The maximum atomic E-state index is 6.28. The van der Waals surface area contributed by atoms with Gasteiger partial charge in [-0.05, 0) is 33.1 Å². The van der Waals surface area contributed by atoms with Gasteiger partial charge in [-0.25, -0.2) is 0 Å². The van der Waals surface area contributed by atoms with Gasteiger partial charge in [0.1, 0.15) is 0 Å². The molecule has 90 valence electrons. The first-order valence-electron chi connectivity index (χ1n) is 5.81. The molecule has 0 spiro atoms. The molecule has 4 heteroatoms. The molecule has 2 atom stereocenters. The molecule has 2 rings (SSSR count). The van der Waals surface area contributed by atoms with Crippen LogP contribution in [0.5, 0.6) is 0 Å². The summed E-state index contributed by atoms with van der Waals surface area (Å²) >= 11 is 12.5. The summed E-state index contributed by atoms with van der Waals surface area (Å²) in [7, 11) is 0. The van der Waals surface area contributed by atoms with Crippen LogP contribution in [0, 0.1) is 0 Å². The third kappa shape index (κ3) is 1.98. The summed E-state index contributed by atoms with van der Waals surface area (Å²) in [5, 5.41) is 5.43. The fourth-order valence-corrected chi connectivity index (χ4v) is 3.49. The molecule has 2 unspecified atom stereocenters. The van der Waals surface area contributed by atoms with E-state index >= 15 is 0 Å². The summed E-state index contributed by atoms with van der Waals surface area (Å²) in [6.45, 7) is 6.50. The van der Waals surface area contributed by atoms with E-state index in [2.05, 4.69) is 25.9 Å². The van der Waals surface area contributed by atoms with E-state index in [0.29, 0.717) is 6.04 Å². The number of hydrogen-bond donors (Lipinski definition) is 0. The zero-order valence-corrected chi connectivity index (χ0v) is 11.5. The van der Waals surface area contributed by atoms with Gasteiger partial charge in [0.25, 0.3) is 0 Å². The lowest BCUT2D eigenvalue weighted by atomic mass is 9.85. The molecule has 1 saturated carbocycles. The van der Waals surface area contributed by atoms with Gasteiger partial charge in [-0.2, -0.15) is 5.10 Å². The minimum atomic E-state index is 0.0876. The van der Waals surface area contributed by atoms with Gasteiger partial charge in [0, 0.05) is 16.8 Å². The molecule has 0 aliphatic heterocycles. The first-order valence-corrected chi connectivity index (χ1v) is 6.63. The summed E-state index contributed by atoms with van der Waals surface area (Å²) < 4.78 is 2.04. The Morgan fingerprint density at radius 2 is 2.25 bits per heavy atom. The van der Waals surface area contributed by atoms with Crippen molar-refractivity contribution in [1.82, 2.24) is 9.78 Å². The Balaban J connectivity index is 2.43. The number of alkyl halides is 1. The molecule has 2 nitrogen and oxygen atoms in total. The minimum absolute atomic E-state index is 0.0876. The molecule has 0 amide bonds. The smallest absolute Gasteiger partial charge is 0.0823 e. The van der Waals surface area contributed by atoms with Crippen LogP contribution in [0.4, 0.5) is 0 Å². The van der Waals surface area contributed by atoms with Gasteiger partial charge in [0.15, 0.2) is 0 Å². The average molecular weight is 261 g/mol. The number of nitrogens with zero attached hydrogens (tertiary/aromatic N) is 2. The second-order valence-electron chi connectivity index (χ2n) is 5.28. The summed E-state index contributed by atoms with van der Waals surface area (Å²) in [5.41, 5.74) is 1.25. The van der Waals surface area contributed by atoms with E-state index in [-0.39, 0.29) is 10.8 Å². The molecular formula is C12H18Cl2N2. The second-order valence-corrected chi connectivity index (χ2v) is 6.30. The highest BCUT2D eigenvalue weighted by Gasteiger charge is 2.40. The maximum Gasteiger partial charge on any atom is 0.0823 e. The fourth-order valence-electron chi connectivity index (χ4n) is 2.68. The monoisotopic (exact) mass is 260 g/mol. The Labute approximate surface area is 107 Å². The summed E-state index contributed by atoms with van der Waals surface area (Å²) in [4.78, 5) is 0. The van der Waals surface area contributed by atoms with Crippen molar-refractivity contribution >= 4 is 23.2 Å². The number of aromatic nitrogens is 2. The van der Waals surface area contributed by atoms with Crippen molar-refractivity contribution in [3.8, 4) is 0 Å². The molecule has 1 aliphatic rings. The van der Waals surface area contributed by atoms with E-state index in [1.807, 2.05) is 4.68 Å². The van der Waals surface area contributed by atoms with Crippen LogP contribution >= 0.6 is 23.2 Å². The molecular weight excluding hydrogens is 243 g/mol. The third-order valence-electron chi connectivity index (χ3n) is 3.49. The van der Waals surface area contributed by atoms with Crippen LogP contribution in [0.3, 0.4) is 0 Å². The predicted molar refractivity (Wildman–Crippen MR) is 68.5 cm³/mol. The van der Waals surface area contributed by atoms with Crippen LogP contribution in [0.25, 0.3) is 0 Å². The summed E-state index contributed by atoms with van der Waals surface area (Å²) in [6, 6.07) is 0.341. The van der Waals surface area contributed by atoms with Gasteiger partial charge in [-0.15, -0.1) is 11.6 Å². The van der Waals surface area contributed by atoms with Gasteiger partial charge in [0.05, 0.1) is 16.9 Å². The Morgan fingerprint density at radius 1 is 1.56 bits per heavy atom. The van der Waals surface area contributed by atoms with Gasteiger partial charge in [0.2, 0.25) is 0 Å². The first kappa shape index (κ1) is 12.3. The van der Waals surface area contributed by atoms with Crippen molar-refractivity contribution in [3.05, 3.63) is 16.9 Å². The zero-order valence-electron chi connectivity index (χ0n) is 10.0. The Bertz CT molecular complexity index is 386.